The monoisotopic (exact) mass is 354 g/mol. The van der Waals surface area contributed by atoms with Crippen molar-refractivity contribution in [3.63, 3.8) is 0 Å². The lowest BCUT2D eigenvalue weighted by atomic mass is 10.1. The molecule has 25 heavy (non-hydrogen) atoms. The zero-order valence-electron chi connectivity index (χ0n) is 14.0. The lowest BCUT2D eigenvalue weighted by Crippen LogP contribution is -2.10. The van der Waals surface area contributed by atoms with Crippen molar-refractivity contribution in [3.05, 3.63) is 58.0 Å². The van der Waals surface area contributed by atoms with Crippen molar-refractivity contribution in [2.75, 3.05) is 19.0 Å². The van der Waals surface area contributed by atoms with Gasteiger partial charge in [-0.05, 0) is 31.0 Å². The van der Waals surface area contributed by atoms with E-state index >= 15 is 0 Å². The van der Waals surface area contributed by atoms with E-state index in [2.05, 4.69) is 54.9 Å². The number of aryl methyl sites for hydroxylation is 1. The molecule has 2 aromatic heterocycles. The first kappa shape index (κ1) is 17.0. The molecule has 7 heteroatoms. The molecule has 0 unspecified atom stereocenters. The number of thiazole rings is 1. The number of anilines is 1. The molecule has 0 saturated carbocycles. The van der Waals surface area contributed by atoms with Crippen LogP contribution in [0.5, 0.6) is 0 Å². The molecule has 0 bridgehead atoms. The molecule has 0 amide bonds. The lowest BCUT2D eigenvalue weighted by molar-refractivity contribution is 0.0593. The highest BCUT2D eigenvalue weighted by Crippen LogP contribution is 2.21. The summed E-state index contributed by atoms with van der Waals surface area (Å²) in [6, 6.07) is 11.7. The maximum atomic E-state index is 11.3. The minimum Gasteiger partial charge on any atom is -0.464 e. The van der Waals surface area contributed by atoms with Crippen molar-refractivity contribution in [2.45, 2.75) is 13.3 Å². The summed E-state index contributed by atoms with van der Waals surface area (Å²) in [6.07, 6.45) is 0.858. The molecule has 0 aliphatic rings. The SMILES string of the molecule is COC(=O)c1ccc(NCCc2ccc(-c3csc(C)n3)cc2)nn1. The van der Waals surface area contributed by atoms with Gasteiger partial charge in [0.2, 0.25) is 0 Å². The Hall–Kier alpha value is -2.80. The van der Waals surface area contributed by atoms with Crippen molar-refractivity contribution >= 4 is 23.1 Å². The van der Waals surface area contributed by atoms with Crippen molar-refractivity contribution in [2.24, 2.45) is 0 Å². The number of carbonyl (C=O) groups is 1. The molecule has 1 aromatic carbocycles. The van der Waals surface area contributed by atoms with Crippen LogP contribution in [0.3, 0.4) is 0 Å². The Morgan fingerprint density at radius 3 is 2.56 bits per heavy atom. The Kier molecular flexibility index (Phi) is 5.35. The summed E-state index contributed by atoms with van der Waals surface area (Å²) >= 11 is 1.66. The number of hydrogen-bond acceptors (Lipinski definition) is 7. The molecule has 3 aromatic rings. The number of methoxy groups -OCH3 is 1. The van der Waals surface area contributed by atoms with E-state index in [0.29, 0.717) is 5.82 Å². The molecule has 0 saturated heterocycles. The third kappa shape index (κ3) is 4.39. The van der Waals surface area contributed by atoms with Gasteiger partial charge in [0.05, 0.1) is 17.8 Å². The van der Waals surface area contributed by atoms with Crippen LogP contribution in [-0.2, 0) is 11.2 Å². The van der Waals surface area contributed by atoms with Crippen LogP contribution >= 0.6 is 11.3 Å². The second kappa shape index (κ2) is 7.85. The number of esters is 1. The Balaban J connectivity index is 1.52. The number of benzene rings is 1. The first-order chi connectivity index (χ1) is 12.2. The molecule has 3 rings (SSSR count). The van der Waals surface area contributed by atoms with Gasteiger partial charge in [0.1, 0.15) is 5.82 Å². The van der Waals surface area contributed by atoms with E-state index in [9.17, 15) is 4.79 Å². The minimum absolute atomic E-state index is 0.195. The molecule has 1 N–H and O–H groups in total. The summed E-state index contributed by atoms with van der Waals surface area (Å²) in [5.41, 5.74) is 3.57. The highest BCUT2D eigenvalue weighted by atomic mass is 32.1. The van der Waals surface area contributed by atoms with Crippen LogP contribution in [0.25, 0.3) is 11.3 Å². The van der Waals surface area contributed by atoms with Gasteiger partial charge in [0, 0.05) is 17.5 Å². The highest BCUT2D eigenvalue weighted by Gasteiger charge is 2.07. The van der Waals surface area contributed by atoms with Gasteiger partial charge in [-0.3, -0.25) is 0 Å². The molecule has 0 atom stereocenters. The average molecular weight is 354 g/mol. The zero-order chi connectivity index (χ0) is 17.6. The van der Waals surface area contributed by atoms with Crippen molar-refractivity contribution < 1.29 is 9.53 Å². The fourth-order valence-electron chi connectivity index (χ4n) is 2.31. The zero-order valence-corrected chi connectivity index (χ0v) is 14.8. The van der Waals surface area contributed by atoms with Crippen LogP contribution in [0.2, 0.25) is 0 Å². The van der Waals surface area contributed by atoms with Crippen LogP contribution in [0.15, 0.2) is 41.8 Å². The van der Waals surface area contributed by atoms with E-state index in [1.165, 1.54) is 12.7 Å². The molecule has 0 radical (unpaired) electrons. The van der Waals surface area contributed by atoms with E-state index < -0.39 is 5.97 Å². The van der Waals surface area contributed by atoms with Gasteiger partial charge in [-0.25, -0.2) is 9.78 Å². The van der Waals surface area contributed by atoms with E-state index in [1.54, 1.807) is 23.5 Å². The summed E-state index contributed by atoms with van der Waals surface area (Å²) in [5.74, 6) is 0.136. The van der Waals surface area contributed by atoms with Gasteiger partial charge in [0.15, 0.2) is 5.69 Å². The maximum Gasteiger partial charge on any atom is 0.358 e. The summed E-state index contributed by atoms with van der Waals surface area (Å²) in [7, 11) is 1.32. The molecule has 0 aliphatic heterocycles. The lowest BCUT2D eigenvalue weighted by Gasteiger charge is -2.06. The van der Waals surface area contributed by atoms with Crippen LogP contribution in [0, 0.1) is 6.92 Å². The van der Waals surface area contributed by atoms with E-state index in [1.807, 2.05) is 6.92 Å². The van der Waals surface area contributed by atoms with E-state index in [4.69, 9.17) is 0 Å². The predicted molar refractivity (Wildman–Crippen MR) is 97.9 cm³/mol. The fraction of sp³-hybridized carbons (Fsp3) is 0.222. The molecule has 0 fully saturated rings. The molecule has 2 heterocycles. The highest BCUT2D eigenvalue weighted by molar-refractivity contribution is 7.09. The third-order valence-corrected chi connectivity index (χ3v) is 4.42. The smallest absolute Gasteiger partial charge is 0.358 e. The Bertz CT molecular complexity index is 844. The first-order valence-electron chi connectivity index (χ1n) is 7.83. The molecule has 0 spiro atoms. The van der Waals surface area contributed by atoms with Crippen molar-refractivity contribution in [1.82, 2.24) is 15.2 Å². The fourth-order valence-corrected chi connectivity index (χ4v) is 2.94. The second-order valence-electron chi connectivity index (χ2n) is 5.42. The van der Waals surface area contributed by atoms with Crippen molar-refractivity contribution in [1.29, 1.82) is 0 Å². The Morgan fingerprint density at radius 2 is 1.96 bits per heavy atom. The topological polar surface area (TPSA) is 77.0 Å². The summed E-state index contributed by atoms with van der Waals surface area (Å²) in [5, 5.41) is 14.1. The predicted octanol–water partition coefficient (Wildman–Crippen LogP) is 3.35. The maximum absolute atomic E-state index is 11.3. The second-order valence-corrected chi connectivity index (χ2v) is 6.48. The van der Waals surface area contributed by atoms with E-state index in [-0.39, 0.29) is 5.69 Å². The van der Waals surface area contributed by atoms with Crippen LogP contribution in [0.4, 0.5) is 5.82 Å². The number of hydrogen-bond donors (Lipinski definition) is 1. The number of nitrogens with zero attached hydrogens (tertiary/aromatic N) is 3. The first-order valence-corrected chi connectivity index (χ1v) is 8.71. The quantitative estimate of drug-likeness (QED) is 0.684. The number of carbonyl (C=O) groups excluding carboxylic acids is 1. The summed E-state index contributed by atoms with van der Waals surface area (Å²) in [4.78, 5) is 15.8. The minimum atomic E-state index is -0.491. The van der Waals surface area contributed by atoms with Crippen molar-refractivity contribution in [3.8, 4) is 11.3 Å². The van der Waals surface area contributed by atoms with Gasteiger partial charge >= 0.3 is 5.97 Å². The Morgan fingerprint density at radius 1 is 1.16 bits per heavy atom. The van der Waals surface area contributed by atoms with Gasteiger partial charge < -0.3 is 10.1 Å². The average Bonchev–Trinajstić information content (AvgIpc) is 3.08. The number of aromatic nitrogens is 3. The normalized spacial score (nSPS) is 10.5. The standard InChI is InChI=1S/C18H18N4O2S/c1-12-20-16(11-25-12)14-5-3-13(4-6-14)9-10-19-17-8-7-15(21-22-17)18(23)24-2/h3-8,11H,9-10H2,1-2H3,(H,19,22). The molecule has 0 aliphatic carbocycles. The number of ether oxygens (including phenoxy) is 1. The largest absolute Gasteiger partial charge is 0.464 e. The van der Waals surface area contributed by atoms with Crippen LogP contribution in [-0.4, -0.2) is 34.8 Å². The van der Waals surface area contributed by atoms with Gasteiger partial charge in [-0.15, -0.1) is 21.5 Å². The van der Waals surface area contributed by atoms with Crippen LogP contribution in [0.1, 0.15) is 21.1 Å². The van der Waals surface area contributed by atoms with Gasteiger partial charge in [-0.2, -0.15) is 0 Å². The Labute approximate surface area is 149 Å². The molecular formula is C18H18N4O2S. The molecule has 128 valence electrons. The molecular weight excluding hydrogens is 336 g/mol. The number of rotatable bonds is 6. The third-order valence-electron chi connectivity index (χ3n) is 3.65. The van der Waals surface area contributed by atoms with Crippen LogP contribution < -0.4 is 5.32 Å². The molecule has 6 nitrogen and oxygen atoms in total. The summed E-state index contributed by atoms with van der Waals surface area (Å²) in [6.45, 7) is 2.73. The van der Waals surface area contributed by atoms with Gasteiger partial charge in [-0.1, -0.05) is 24.3 Å². The summed E-state index contributed by atoms with van der Waals surface area (Å²) < 4.78 is 4.59. The van der Waals surface area contributed by atoms with Gasteiger partial charge in [0.25, 0.3) is 0 Å². The number of nitrogens with one attached hydrogen (secondary N) is 1. The van der Waals surface area contributed by atoms with E-state index in [0.717, 1.165) is 29.2 Å².